The molecule has 1 amide bonds. The zero-order valence-corrected chi connectivity index (χ0v) is 18.5. The zero-order chi connectivity index (χ0) is 22.9. The Balaban J connectivity index is 1.88. The summed E-state index contributed by atoms with van der Waals surface area (Å²) in [4.78, 5) is 24.5. The summed E-state index contributed by atoms with van der Waals surface area (Å²) >= 11 is 0. The van der Waals surface area contributed by atoms with Gasteiger partial charge in [0, 0.05) is 18.2 Å². The van der Waals surface area contributed by atoms with Crippen LogP contribution in [-0.4, -0.2) is 17.0 Å². The maximum absolute atomic E-state index is 13.3. The third-order valence-electron chi connectivity index (χ3n) is 5.15. The van der Waals surface area contributed by atoms with Crippen LogP contribution in [-0.2, 0) is 16.0 Å². The first-order valence-electron chi connectivity index (χ1n) is 10.9. The number of aliphatic carboxylic acids is 1. The highest BCUT2D eigenvalue weighted by molar-refractivity contribution is 5.96. The maximum Gasteiger partial charge on any atom is 0.303 e. The smallest absolute Gasteiger partial charge is 0.303 e. The van der Waals surface area contributed by atoms with E-state index in [0.29, 0.717) is 35.9 Å². The number of nitrogens with one attached hydrogen (secondary N) is 1. The van der Waals surface area contributed by atoms with Crippen molar-refractivity contribution in [3.63, 3.8) is 0 Å². The fourth-order valence-electron chi connectivity index (χ4n) is 3.59. The predicted octanol–water partition coefficient (Wildman–Crippen LogP) is 6.26. The van der Waals surface area contributed by atoms with Crippen molar-refractivity contribution in [3.05, 3.63) is 90.0 Å². The second-order valence-electron chi connectivity index (χ2n) is 8.21. The molecule has 0 fully saturated rings. The van der Waals surface area contributed by atoms with Gasteiger partial charge in [0.15, 0.2) is 0 Å². The normalized spacial score (nSPS) is 11.7. The number of aryl methyl sites for hydroxylation is 1. The molecular formula is C27H29NO4. The van der Waals surface area contributed by atoms with Crippen LogP contribution < -0.4 is 10.1 Å². The highest BCUT2D eigenvalue weighted by Gasteiger charge is 2.23. The van der Waals surface area contributed by atoms with Crippen molar-refractivity contribution in [2.24, 2.45) is 5.92 Å². The number of rotatable bonds is 10. The largest absolute Gasteiger partial charge is 0.481 e. The molecule has 0 bridgehead atoms. The van der Waals surface area contributed by atoms with Gasteiger partial charge in [-0.3, -0.25) is 9.59 Å². The van der Waals surface area contributed by atoms with Crippen molar-refractivity contribution in [3.8, 4) is 11.5 Å². The first kappa shape index (κ1) is 23.1. The van der Waals surface area contributed by atoms with Crippen LogP contribution in [0.15, 0.2) is 78.9 Å². The monoisotopic (exact) mass is 431 g/mol. The molecule has 1 atom stereocenters. The van der Waals surface area contributed by atoms with Gasteiger partial charge in [0.05, 0.1) is 5.92 Å². The maximum atomic E-state index is 13.3. The number of carbonyl (C=O) groups is 2. The second kappa shape index (κ2) is 11.1. The molecule has 1 unspecified atom stereocenters. The van der Waals surface area contributed by atoms with Crippen LogP contribution >= 0.6 is 0 Å². The number of hydrogen-bond acceptors (Lipinski definition) is 3. The molecule has 0 saturated carbocycles. The Morgan fingerprint density at radius 1 is 0.906 bits per heavy atom. The molecule has 0 aliphatic rings. The van der Waals surface area contributed by atoms with E-state index in [1.54, 1.807) is 12.1 Å². The number of hydrogen-bond donors (Lipinski definition) is 2. The first-order valence-corrected chi connectivity index (χ1v) is 10.9. The topological polar surface area (TPSA) is 75.6 Å². The summed E-state index contributed by atoms with van der Waals surface area (Å²) in [5.41, 5.74) is 2.30. The summed E-state index contributed by atoms with van der Waals surface area (Å²) in [6, 6.07) is 24.5. The lowest BCUT2D eigenvalue weighted by atomic mass is 9.89. The Labute approximate surface area is 189 Å². The van der Waals surface area contributed by atoms with Gasteiger partial charge in [-0.05, 0) is 48.1 Å². The second-order valence-corrected chi connectivity index (χ2v) is 8.21. The fraction of sp³-hybridized carbons (Fsp3) is 0.259. The Morgan fingerprint density at radius 2 is 1.56 bits per heavy atom. The number of anilines is 1. The molecular weight excluding hydrogens is 402 g/mol. The van der Waals surface area contributed by atoms with Crippen LogP contribution in [0.3, 0.4) is 0 Å². The van der Waals surface area contributed by atoms with Gasteiger partial charge in [-0.2, -0.15) is 0 Å². The number of para-hydroxylation sites is 1. The lowest BCUT2D eigenvalue weighted by Crippen LogP contribution is -2.23. The molecule has 0 aromatic heterocycles. The third kappa shape index (κ3) is 6.71. The molecule has 0 radical (unpaired) electrons. The molecule has 0 aliphatic heterocycles. The van der Waals surface area contributed by atoms with Crippen LogP contribution in [0, 0.1) is 5.92 Å². The summed E-state index contributed by atoms with van der Waals surface area (Å²) in [5, 5.41) is 12.2. The van der Waals surface area contributed by atoms with E-state index in [1.807, 2.05) is 66.7 Å². The van der Waals surface area contributed by atoms with Crippen molar-refractivity contribution in [2.75, 3.05) is 5.32 Å². The van der Waals surface area contributed by atoms with Crippen LogP contribution in [0.25, 0.3) is 0 Å². The highest BCUT2D eigenvalue weighted by Crippen LogP contribution is 2.30. The average molecular weight is 432 g/mol. The van der Waals surface area contributed by atoms with E-state index >= 15 is 0 Å². The lowest BCUT2D eigenvalue weighted by molar-refractivity contribution is -0.137. The summed E-state index contributed by atoms with van der Waals surface area (Å²) in [5.74, 6) is 0.301. The SMILES string of the molecule is CC(C)CC(C(=O)Nc1cc(Oc2ccccc2)ccc1CCC(=O)O)c1ccccc1. The number of carboxylic acids is 1. The van der Waals surface area contributed by atoms with Crippen LogP contribution in [0.4, 0.5) is 5.69 Å². The van der Waals surface area contributed by atoms with Crippen molar-refractivity contribution in [2.45, 2.75) is 39.0 Å². The van der Waals surface area contributed by atoms with E-state index in [4.69, 9.17) is 9.84 Å². The standard InChI is InChI=1S/C27H29NO4/c1-19(2)17-24(20-9-5-3-6-10-20)27(31)28-25-18-23(32-22-11-7-4-8-12-22)15-13-21(25)14-16-26(29)30/h3-13,15,18-19,24H,14,16-17H2,1-2H3,(H,28,31)(H,29,30). The minimum absolute atomic E-state index is 0.0180. The number of benzene rings is 3. The quantitative estimate of drug-likeness (QED) is 0.397. The molecule has 166 valence electrons. The molecule has 0 heterocycles. The van der Waals surface area contributed by atoms with E-state index in [2.05, 4.69) is 19.2 Å². The van der Waals surface area contributed by atoms with Crippen molar-refractivity contribution >= 4 is 17.6 Å². The molecule has 3 aromatic carbocycles. The van der Waals surface area contributed by atoms with E-state index in [1.165, 1.54) is 0 Å². The molecule has 5 nitrogen and oxygen atoms in total. The molecule has 3 aromatic rings. The van der Waals surface area contributed by atoms with E-state index < -0.39 is 5.97 Å². The van der Waals surface area contributed by atoms with Crippen LogP contribution in [0.5, 0.6) is 11.5 Å². The minimum atomic E-state index is -0.881. The van der Waals surface area contributed by atoms with Gasteiger partial charge in [-0.25, -0.2) is 0 Å². The van der Waals surface area contributed by atoms with Gasteiger partial charge in [-0.1, -0.05) is 68.4 Å². The van der Waals surface area contributed by atoms with Gasteiger partial charge < -0.3 is 15.2 Å². The molecule has 0 aliphatic carbocycles. The lowest BCUT2D eigenvalue weighted by Gasteiger charge is -2.21. The van der Waals surface area contributed by atoms with Gasteiger partial charge in [0.2, 0.25) is 5.91 Å². The number of ether oxygens (including phenoxy) is 1. The van der Waals surface area contributed by atoms with Crippen molar-refractivity contribution < 1.29 is 19.4 Å². The fourth-order valence-corrected chi connectivity index (χ4v) is 3.59. The van der Waals surface area contributed by atoms with Gasteiger partial charge in [-0.15, -0.1) is 0 Å². The first-order chi connectivity index (χ1) is 15.4. The third-order valence-corrected chi connectivity index (χ3v) is 5.15. The minimum Gasteiger partial charge on any atom is -0.481 e. The molecule has 0 spiro atoms. The summed E-state index contributed by atoms with van der Waals surface area (Å²) < 4.78 is 5.92. The van der Waals surface area contributed by atoms with Crippen LogP contribution in [0.1, 0.15) is 43.7 Å². The summed E-state index contributed by atoms with van der Waals surface area (Å²) in [6.07, 6.45) is 1.01. The number of carbonyl (C=O) groups excluding carboxylic acids is 1. The summed E-state index contributed by atoms with van der Waals surface area (Å²) in [6.45, 7) is 4.19. The van der Waals surface area contributed by atoms with Crippen LogP contribution in [0.2, 0.25) is 0 Å². The molecule has 5 heteroatoms. The van der Waals surface area contributed by atoms with E-state index in [9.17, 15) is 9.59 Å². The molecule has 0 saturated heterocycles. The predicted molar refractivity (Wildman–Crippen MR) is 126 cm³/mol. The molecule has 32 heavy (non-hydrogen) atoms. The zero-order valence-electron chi connectivity index (χ0n) is 18.5. The van der Waals surface area contributed by atoms with Gasteiger partial charge in [0.25, 0.3) is 0 Å². The van der Waals surface area contributed by atoms with E-state index in [-0.39, 0.29) is 18.2 Å². The average Bonchev–Trinajstić information content (AvgIpc) is 2.78. The Kier molecular flexibility index (Phi) is 8.03. The Bertz CT molecular complexity index is 1030. The van der Waals surface area contributed by atoms with Crippen molar-refractivity contribution in [1.29, 1.82) is 0 Å². The number of amides is 1. The Morgan fingerprint density at radius 3 is 2.19 bits per heavy atom. The van der Waals surface area contributed by atoms with Crippen molar-refractivity contribution in [1.82, 2.24) is 0 Å². The van der Waals surface area contributed by atoms with E-state index in [0.717, 1.165) is 11.1 Å². The Hall–Kier alpha value is -3.60. The molecule has 3 rings (SSSR count). The number of carboxylic acid groups (broad SMARTS) is 1. The summed E-state index contributed by atoms with van der Waals surface area (Å²) in [7, 11) is 0. The van der Waals surface area contributed by atoms with Gasteiger partial charge >= 0.3 is 5.97 Å². The van der Waals surface area contributed by atoms with Gasteiger partial charge in [0.1, 0.15) is 11.5 Å². The highest BCUT2D eigenvalue weighted by atomic mass is 16.5. The molecule has 2 N–H and O–H groups in total.